The molecule has 1 rings (SSSR count). The topological polar surface area (TPSA) is 0 Å². The fourth-order valence-electron chi connectivity index (χ4n) is 1.44. The molecule has 1 aliphatic rings. The summed E-state index contributed by atoms with van der Waals surface area (Å²) in [7, 11) is 0. The molecule has 13 heavy (non-hydrogen) atoms. The van der Waals surface area contributed by atoms with E-state index in [1.54, 1.807) is 0 Å². The smallest absolute Gasteiger partial charge is 0.246 e. The number of alkyl halides is 4. The summed E-state index contributed by atoms with van der Waals surface area (Å²) in [6, 6.07) is 0. The third-order valence-electron chi connectivity index (χ3n) is 2.08. The van der Waals surface area contributed by atoms with Gasteiger partial charge in [-0.3, -0.25) is 0 Å². The van der Waals surface area contributed by atoms with Crippen LogP contribution in [-0.4, -0.2) is 23.4 Å². The van der Waals surface area contributed by atoms with Gasteiger partial charge >= 0.3 is 6.18 Å². The molecule has 0 bridgehead atoms. The molecule has 0 radical (unpaired) electrons. The van der Waals surface area contributed by atoms with Crippen molar-refractivity contribution in [3.05, 3.63) is 0 Å². The van der Waals surface area contributed by atoms with Crippen molar-refractivity contribution in [1.29, 1.82) is 0 Å². The zero-order valence-corrected chi connectivity index (χ0v) is 7.93. The van der Waals surface area contributed by atoms with Crippen LogP contribution in [0.15, 0.2) is 0 Å². The monoisotopic (exact) mass is 216 g/mol. The highest BCUT2D eigenvalue weighted by Gasteiger charge is 2.32. The summed E-state index contributed by atoms with van der Waals surface area (Å²) in [6.07, 6.45) is -2.53. The Kier molecular flexibility index (Phi) is 3.88. The van der Waals surface area contributed by atoms with Gasteiger partial charge in [0.05, 0.1) is 5.75 Å². The lowest BCUT2D eigenvalue weighted by molar-refractivity contribution is -0.105. The normalized spacial score (nSPS) is 30.5. The molecule has 5 heteroatoms. The van der Waals surface area contributed by atoms with Crippen molar-refractivity contribution in [2.45, 2.75) is 43.3 Å². The van der Waals surface area contributed by atoms with Crippen molar-refractivity contribution in [1.82, 2.24) is 0 Å². The number of thioether (sulfide) groups is 1. The van der Waals surface area contributed by atoms with E-state index in [1.807, 2.05) is 0 Å². The van der Waals surface area contributed by atoms with Crippen molar-refractivity contribution in [2.75, 3.05) is 5.75 Å². The molecule has 0 saturated heterocycles. The highest BCUT2D eigenvalue weighted by Crippen LogP contribution is 2.34. The van der Waals surface area contributed by atoms with Crippen LogP contribution in [0.5, 0.6) is 0 Å². The quantitative estimate of drug-likeness (QED) is 0.636. The van der Waals surface area contributed by atoms with Gasteiger partial charge in [0.15, 0.2) is 0 Å². The molecular weight excluding hydrogens is 204 g/mol. The minimum Gasteiger partial charge on any atom is -0.246 e. The predicted octanol–water partition coefficient (Wildman–Crippen LogP) is 3.56. The maximum Gasteiger partial charge on any atom is 0.397 e. The van der Waals surface area contributed by atoms with Crippen LogP contribution in [0.2, 0.25) is 0 Å². The fraction of sp³-hybridized carbons (Fsp3) is 1.00. The van der Waals surface area contributed by atoms with E-state index >= 15 is 0 Å². The van der Waals surface area contributed by atoms with Gasteiger partial charge in [-0.2, -0.15) is 13.2 Å². The molecule has 1 saturated carbocycles. The van der Waals surface area contributed by atoms with E-state index in [0.717, 1.165) is 12.8 Å². The lowest BCUT2D eigenvalue weighted by Crippen LogP contribution is -2.25. The lowest BCUT2D eigenvalue weighted by Gasteiger charge is -2.25. The zero-order chi connectivity index (χ0) is 9.90. The summed E-state index contributed by atoms with van der Waals surface area (Å²) in [6.45, 7) is 0. The Labute approximate surface area is 79.1 Å². The third kappa shape index (κ3) is 4.20. The first-order valence-electron chi connectivity index (χ1n) is 4.31. The highest BCUT2D eigenvalue weighted by atomic mass is 32.2. The van der Waals surface area contributed by atoms with E-state index in [2.05, 4.69) is 0 Å². The molecule has 0 aromatic carbocycles. The molecule has 0 amide bonds. The first-order valence-corrected chi connectivity index (χ1v) is 5.36. The maximum atomic E-state index is 13.0. The fourth-order valence-corrected chi connectivity index (χ4v) is 2.52. The minimum absolute atomic E-state index is 0.426. The van der Waals surface area contributed by atoms with E-state index in [1.165, 1.54) is 0 Å². The average Bonchev–Trinajstić information content (AvgIpc) is 2.01. The van der Waals surface area contributed by atoms with Crippen molar-refractivity contribution in [3.63, 3.8) is 0 Å². The number of hydrogen-bond donors (Lipinski definition) is 0. The van der Waals surface area contributed by atoms with Gasteiger partial charge < -0.3 is 0 Å². The Bertz CT molecular complexity index is 157. The first-order chi connectivity index (χ1) is 5.99. The molecule has 0 heterocycles. The van der Waals surface area contributed by atoms with Crippen molar-refractivity contribution in [3.8, 4) is 0 Å². The molecule has 0 spiro atoms. The lowest BCUT2D eigenvalue weighted by atomic mass is 9.98. The minimum atomic E-state index is -4.16. The number of rotatable bonds is 2. The average molecular weight is 216 g/mol. The van der Waals surface area contributed by atoms with Gasteiger partial charge in [0, 0.05) is 5.25 Å². The van der Waals surface area contributed by atoms with E-state index in [4.69, 9.17) is 0 Å². The van der Waals surface area contributed by atoms with E-state index in [-0.39, 0.29) is 0 Å². The van der Waals surface area contributed by atoms with Gasteiger partial charge in [0.2, 0.25) is 0 Å². The summed E-state index contributed by atoms with van der Waals surface area (Å²) >= 11 is 0.712. The van der Waals surface area contributed by atoms with E-state index in [0.29, 0.717) is 24.6 Å². The second-order valence-electron chi connectivity index (χ2n) is 3.27. The van der Waals surface area contributed by atoms with Crippen LogP contribution in [0.25, 0.3) is 0 Å². The molecule has 1 fully saturated rings. The van der Waals surface area contributed by atoms with Gasteiger partial charge in [-0.1, -0.05) is 12.8 Å². The molecular formula is C8H12F4S. The van der Waals surface area contributed by atoms with Crippen LogP contribution in [0, 0.1) is 0 Å². The van der Waals surface area contributed by atoms with Crippen LogP contribution < -0.4 is 0 Å². The molecule has 2 atom stereocenters. The first kappa shape index (κ1) is 11.1. The molecule has 1 aliphatic carbocycles. The van der Waals surface area contributed by atoms with Crippen LogP contribution >= 0.6 is 11.8 Å². The Morgan fingerprint density at radius 2 is 1.77 bits per heavy atom. The zero-order valence-electron chi connectivity index (χ0n) is 7.11. The second kappa shape index (κ2) is 4.53. The Morgan fingerprint density at radius 3 is 2.31 bits per heavy atom. The third-order valence-corrected chi connectivity index (χ3v) is 3.54. The number of hydrogen-bond acceptors (Lipinski definition) is 1. The largest absolute Gasteiger partial charge is 0.397 e. The Balaban J connectivity index is 2.27. The van der Waals surface area contributed by atoms with Crippen LogP contribution in [0.4, 0.5) is 17.6 Å². The van der Waals surface area contributed by atoms with Crippen molar-refractivity contribution < 1.29 is 17.6 Å². The second-order valence-corrected chi connectivity index (χ2v) is 4.49. The summed E-state index contributed by atoms with van der Waals surface area (Å²) in [5, 5.41) is -0.435. The van der Waals surface area contributed by atoms with Gasteiger partial charge in [-0.05, 0) is 12.8 Å². The molecule has 2 unspecified atom stereocenters. The molecule has 0 aromatic rings. The van der Waals surface area contributed by atoms with Gasteiger partial charge in [-0.15, -0.1) is 11.8 Å². The predicted molar refractivity (Wildman–Crippen MR) is 45.7 cm³/mol. The van der Waals surface area contributed by atoms with Crippen LogP contribution in [0.1, 0.15) is 25.7 Å². The van der Waals surface area contributed by atoms with Gasteiger partial charge in [-0.25, -0.2) is 4.39 Å². The van der Waals surface area contributed by atoms with E-state index in [9.17, 15) is 17.6 Å². The van der Waals surface area contributed by atoms with Gasteiger partial charge in [0.1, 0.15) is 6.17 Å². The van der Waals surface area contributed by atoms with E-state index < -0.39 is 23.4 Å². The molecule has 0 aliphatic heterocycles. The van der Waals surface area contributed by atoms with Crippen LogP contribution in [0.3, 0.4) is 0 Å². The SMILES string of the molecule is FC1CCCCC1SCC(F)(F)F. The molecule has 78 valence electrons. The Hall–Kier alpha value is 0.0700. The maximum absolute atomic E-state index is 13.0. The molecule has 0 aromatic heterocycles. The summed E-state index contributed by atoms with van der Waals surface area (Å²) < 4.78 is 48.4. The summed E-state index contributed by atoms with van der Waals surface area (Å²) in [5.74, 6) is -0.919. The van der Waals surface area contributed by atoms with Crippen molar-refractivity contribution >= 4 is 11.8 Å². The summed E-state index contributed by atoms with van der Waals surface area (Å²) in [5.41, 5.74) is 0. The van der Waals surface area contributed by atoms with Gasteiger partial charge in [0.25, 0.3) is 0 Å². The summed E-state index contributed by atoms with van der Waals surface area (Å²) in [4.78, 5) is 0. The van der Waals surface area contributed by atoms with Crippen LogP contribution in [-0.2, 0) is 0 Å². The Morgan fingerprint density at radius 1 is 1.15 bits per heavy atom. The highest BCUT2D eigenvalue weighted by molar-refractivity contribution is 8.00. The molecule has 0 nitrogen and oxygen atoms in total. The standard InChI is InChI=1S/C8H12F4S/c9-6-3-1-2-4-7(6)13-5-8(10,11)12/h6-7H,1-5H2. The number of halogens is 4. The van der Waals surface area contributed by atoms with Crippen molar-refractivity contribution in [2.24, 2.45) is 0 Å². The molecule has 0 N–H and O–H groups in total.